The smallest absolute Gasteiger partial charge is 0.276 e. The number of nitrogens with one attached hydrogen (secondary N) is 1. The van der Waals surface area contributed by atoms with Gasteiger partial charge >= 0.3 is 0 Å². The number of β-lactam (4-membered cyclic amide) rings is 1. The second-order valence-corrected chi connectivity index (χ2v) is 10.2. The molecule has 5 rings (SSSR count). The lowest BCUT2D eigenvalue weighted by Gasteiger charge is -2.50. The highest BCUT2D eigenvalue weighted by atomic mass is 32.2. The number of anilines is 1. The fourth-order valence-corrected chi connectivity index (χ4v) is 6.25. The summed E-state index contributed by atoms with van der Waals surface area (Å²) in [6.45, 7) is 0.966. The number of rotatable bonds is 7. The zero-order chi connectivity index (χ0) is 25.4. The number of fused-ring (bicyclic) bond motifs is 2. The average molecular weight is 531 g/mol. The number of aryl methyl sites for hydroxylation is 1. The number of carbonyl (C=O) groups is 3. The Labute approximate surface area is 213 Å². The topological polar surface area (TPSA) is 163 Å². The molecule has 2 amide bonds. The summed E-state index contributed by atoms with van der Waals surface area (Å²) in [4.78, 5) is 47.9. The van der Waals surface area contributed by atoms with Gasteiger partial charge in [-0.15, -0.1) is 23.1 Å². The van der Waals surface area contributed by atoms with Gasteiger partial charge in [0.1, 0.15) is 30.0 Å². The minimum Gasteiger partial charge on any atom is -0.543 e. The van der Waals surface area contributed by atoms with E-state index < -0.39 is 29.2 Å². The van der Waals surface area contributed by atoms with Crippen molar-refractivity contribution < 1.29 is 33.6 Å². The summed E-state index contributed by atoms with van der Waals surface area (Å²) in [5, 5.41) is 19.6. The van der Waals surface area contributed by atoms with Gasteiger partial charge in [0.15, 0.2) is 29.8 Å². The van der Waals surface area contributed by atoms with E-state index in [1.165, 1.54) is 23.8 Å². The number of amides is 2. The number of nitrogen functional groups attached to an aromatic ring is 1. The molecule has 1 saturated heterocycles. The first-order valence-electron chi connectivity index (χ1n) is 11.0. The predicted molar refractivity (Wildman–Crippen MR) is 128 cm³/mol. The molecule has 2 atom stereocenters. The fourth-order valence-electron chi connectivity index (χ4n) is 4.36. The molecule has 0 aliphatic carbocycles. The Morgan fingerprint density at radius 2 is 2.31 bits per heavy atom. The summed E-state index contributed by atoms with van der Waals surface area (Å²) in [7, 11) is 1.28. The van der Waals surface area contributed by atoms with Crippen molar-refractivity contribution in [3.05, 3.63) is 46.4 Å². The molecule has 14 heteroatoms. The van der Waals surface area contributed by atoms with Gasteiger partial charge in [0.05, 0.1) is 23.8 Å². The highest BCUT2D eigenvalue weighted by Gasteiger charge is 2.53. The Morgan fingerprint density at radius 3 is 3.03 bits per heavy atom. The molecule has 2 aromatic rings. The first-order chi connectivity index (χ1) is 17.4. The quantitative estimate of drug-likeness (QED) is 0.194. The normalized spacial score (nSPS) is 21.2. The zero-order valence-electron chi connectivity index (χ0n) is 19.1. The van der Waals surface area contributed by atoms with Crippen molar-refractivity contribution in [2.75, 3.05) is 25.2 Å². The van der Waals surface area contributed by atoms with Crippen molar-refractivity contribution in [1.29, 1.82) is 0 Å². The standard InChI is InChI=1S/C22H22N6O6S2/c1-33-26-15(13-10-36-22(23)24-13)18(29)25-16-19(30)28-17(21(31)32)12(9-35-20(16)28)8-27-5-4-14-11(7-27)3-2-6-34-14/h4-5,7,10,16,20H,2-3,6,8-9H2,1H3,(H3-,23,24,25,29,31,32)/b26-15-/t16-,20-/m1/s1. The van der Waals surface area contributed by atoms with Crippen LogP contribution in [-0.4, -0.2) is 64.3 Å². The summed E-state index contributed by atoms with van der Waals surface area (Å²) < 4.78 is 7.52. The molecule has 0 unspecified atom stereocenters. The van der Waals surface area contributed by atoms with Gasteiger partial charge in [-0.3, -0.25) is 14.5 Å². The van der Waals surface area contributed by atoms with Crippen LogP contribution in [0.5, 0.6) is 5.75 Å². The number of hydrogen-bond acceptors (Lipinski definition) is 11. The number of carboxylic acids is 1. The lowest BCUT2D eigenvalue weighted by atomic mass is 10.0. The van der Waals surface area contributed by atoms with Crippen LogP contribution in [0.15, 0.2) is 40.3 Å². The first-order valence-corrected chi connectivity index (χ1v) is 13.0. The molecule has 0 spiro atoms. The highest BCUT2D eigenvalue weighted by Crippen LogP contribution is 2.40. The maximum absolute atomic E-state index is 13.0. The van der Waals surface area contributed by atoms with Gasteiger partial charge in [0, 0.05) is 22.8 Å². The van der Waals surface area contributed by atoms with E-state index in [0.29, 0.717) is 17.9 Å². The second kappa shape index (κ2) is 9.78. The molecule has 3 aliphatic heterocycles. The number of ether oxygens (including phenoxy) is 1. The number of thiazole rings is 1. The van der Waals surface area contributed by atoms with E-state index in [9.17, 15) is 19.5 Å². The van der Waals surface area contributed by atoms with Crippen LogP contribution in [0.25, 0.3) is 0 Å². The third kappa shape index (κ3) is 4.37. The van der Waals surface area contributed by atoms with Crippen LogP contribution >= 0.6 is 23.1 Å². The number of carboxylic acid groups (broad SMARTS) is 1. The van der Waals surface area contributed by atoms with Crippen LogP contribution in [0.4, 0.5) is 5.13 Å². The van der Waals surface area contributed by atoms with Crippen LogP contribution in [0, 0.1) is 0 Å². The molecule has 3 N–H and O–H groups in total. The number of aliphatic carboxylic acids is 1. The molecule has 0 radical (unpaired) electrons. The molecule has 12 nitrogen and oxygen atoms in total. The molecule has 5 heterocycles. The van der Waals surface area contributed by atoms with E-state index >= 15 is 0 Å². The number of aromatic nitrogens is 2. The summed E-state index contributed by atoms with van der Waals surface area (Å²) >= 11 is 2.50. The van der Waals surface area contributed by atoms with Crippen molar-refractivity contribution in [3.8, 4) is 5.75 Å². The molecule has 2 aromatic heterocycles. The van der Waals surface area contributed by atoms with Crippen LogP contribution in [-0.2, 0) is 32.2 Å². The number of nitrogens with two attached hydrogens (primary N) is 1. The lowest BCUT2D eigenvalue weighted by Crippen LogP contribution is -2.71. The van der Waals surface area contributed by atoms with E-state index in [4.69, 9.17) is 15.3 Å². The Morgan fingerprint density at radius 1 is 1.47 bits per heavy atom. The lowest BCUT2D eigenvalue weighted by molar-refractivity contribution is -0.689. The molecule has 3 aliphatic rings. The second-order valence-electron chi connectivity index (χ2n) is 8.25. The third-order valence-corrected chi connectivity index (χ3v) is 7.98. The van der Waals surface area contributed by atoms with Crippen molar-refractivity contribution in [3.63, 3.8) is 0 Å². The maximum Gasteiger partial charge on any atom is 0.276 e. The molecular formula is C22H22N6O6S2. The van der Waals surface area contributed by atoms with Gasteiger partial charge in [0.2, 0.25) is 0 Å². The van der Waals surface area contributed by atoms with E-state index in [-0.39, 0.29) is 28.8 Å². The summed E-state index contributed by atoms with van der Waals surface area (Å²) in [5.74, 6) is -1.48. The number of pyridine rings is 1. The van der Waals surface area contributed by atoms with Gasteiger partial charge in [0.25, 0.3) is 11.8 Å². The molecule has 0 saturated carbocycles. The van der Waals surface area contributed by atoms with Gasteiger partial charge in [-0.05, 0) is 12.8 Å². The van der Waals surface area contributed by atoms with Crippen molar-refractivity contribution in [2.45, 2.75) is 30.8 Å². The fraction of sp³-hybridized carbons (Fsp3) is 0.364. The Hall–Kier alpha value is -3.65. The Balaban J connectivity index is 1.34. The zero-order valence-corrected chi connectivity index (χ0v) is 20.8. The van der Waals surface area contributed by atoms with Crippen molar-refractivity contribution in [2.24, 2.45) is 5.16 Å². The minimum absolute atomic E-state index is 0.137. The Bertz CT molecular complexity index is 1310. The number of oxime groups is 1. The summed E-state index contributed by atoms with van der Waals surface area (Å²) in [6.07, 6.45) is 5.56. The molecular weight excluding hydrogens is 508 g/mol. The van der Waals surface area contributed by atoms with Crippen LogP contribution in [0.1, 0.15) is 17.7 Å². The monoisotopic (exact) mass is 530 g/mol. The largest absolute Gasteiger partial charge is 0.543 e. The predicted octanol–water partition coefficient (Wildman–Crippen LogP) is -1.21. The minimum atomic E-state index is -1.44. The van der Waals surface area contributed by atoms with Gasteiger partial charge in [-0.25, -0.2) is 9.55 Å². The van der Waals surface area contributed by atoms with Gasteiger partial charge < -0.3 is 30.5 Å². The summed E-state index contributed by atoms with van der Waals surface area (Å²) in [5.41, 5.74) is 7.17. The van der Waals surface area contributed by atoms with Crippen LogP contribution < -0.4 is 25.5 Å². The molecule has 1 fully saturated rings. The summed E-state index contributed by atoms with van der Waals surface area (Å²) in [6, 6.07) is 0.923. The molecule has 188 valence electrons. The molecule has 0 bridgehead atoms. The van der Waals surface area contributed by atoms with Crippen molar-refractivity contribution >= 4 is 51.7 Å². The number of carbonyl (C=O) groups excluding carboxylic acids is 3. The SMILES string of the molecule is CO/N=C(\C(=O)N[C@@H]1C(=O)N2C(C(=O)[O-])=C(C[n+]3ccc4c(c3)CCCO4)CS[C@H]12)c1csc(N)n1. The number of nitrogens with zero attached hydrogens (tertiary/aromatic N) is 4. The highest BCUT2D eigenvalue weighted by molar-refractivity contribution is 8.00. The van der Waals surface area contributed by atoms with Gasteiger partial charge in [-0.2, -0.15) is 0 Å². The van der Waals surface area contributed by atoms with Crippen molar-refractivity contribution in [1.82, 2.24) is 15.2 Å². The molecule has 36 heavy (non-hydrogen) atoms. The number of thioether (sulfide) groups is 1. The van der Waals surface area contributed by atoms with E-state index in [2.05, 4.69) is 15.5 Å². The number of hydrogen-bond donors (Lipinski definition) is 2. The van der Waals surface area contributed by atoms with Crippen LogP contribution in [0.2, 0.25) is 0 Å². The van der Waals surface area contributed by atoms with E-state index in [1.54, 1.807) is 5.38 Å². The third-order valence-electron chi connectivity index (χ3n) is 5.97. The average Bonchev–Trinajstić information content (AvgIpc) is 3.30. The molecule has 0 aromatic carbocycles. The maximum atomic E-state index is 13.0. The van der Waals surface area contributed by atoms with Gasteiger partial charge in [-0.1, -0.05) is 5.16 Å². The first kappa shape index (κ1) is 24.1. The van der Waals surface area contributed by atoms with Crippen LogP contribution in [0.3, 0.4) is 0 Å². The van der Waals surface area contributed by atoms with E-state index in [0.717, 1.165) is 35.5 Å². The Kier molecular flexibility index (Phi) is 6.53. The van der Waals surface area contributed by atoms with E-state index in [1.807, 2.05) is 23.0 Å².